The molecule has 0 amide bonds. The zero-order valence-electron chi connectivity index (χ0n) is 14.3. The number of carbonyl (C=O) groups excluding carboxylic acids is 1. The molecule has 23 heavy (non-hydrogen) atoms. The maximum absolute atomic E-state index is 13.1. The summed E-state index contributed by atoms with van der Waals surface area (Å²) in [5.74, 6) is 2.45. The number of benzene rings is 1. The molecular weight excluding hydrogens is 287 g/mol. The van der Waals surface area contributed by atoms with E-state index in [2.05, 4.69) is 6.92 Å². The van der Waals surface area contributed by atoms with Crippen LogP contribution in [0.4, 0.5) is 4.39 Å². The fourth-order valence-electron chi connectivity index (χ4n) is 4.85. The monoisotopic (exact) mass is 316 g/mol. The Hall–Kier alpha value is -1.18. The Kier molecular flexibility index (Phi) is 5.50. The van der Waals surface area contributed by atoms with Crippen LogP contribution in [0.25, 0.3) is 0 Å². The molecule has 2 fully saturated rings. The second kappa shape index (κ2) is 7.59. The Balaban J connectivity index is 1.55. The van der Waals surface area contributed by atoms with Crippen LogP contribution in [0.2, 0.25) is 0 Å². The van der Waals surface area contributed by atoms with Crippen molar-refractivity contribution in [1.29, 1.82) is 0 Å². The summed E-state index contributed by atoms with van der Waals surface area (Å²) in [7, 11) is 0. The summed E-state index contributed by atoms with van der Waals surface area (Å²) in [6.45, 7) is 2.28. The van der Waals surface area contributed by atoms with Gasteiger partial charge >= 0.3 is 0 Å². The lowest BCUT2D eigenvalue weighted by Gasteiger charge is -2.37. The van der Waals surface area contributed by atoms with Gasteiger partial charge in [-0.1, -0.05) is 44.7 Å². The summed E-state index contributed by atoms with van der Waals surface area (Å²) in [5, 5.41) is 0. The summed E-state index contributed by atoms with van der Waals surface area (Å²) in [6.07, 6.45) is 10.9. The van der Waals surface area contributed by atoms with Gasteiger partial charge < -0.3 is 0 Å². The molecule has 1 aromatic carbocycles. The maximum Gasteiger partial charge on any atom is 0.140 e. The maximum atomic E-state index is 13.1. The highest BCUT2D eigenvalue weighted by Gasteiger charge is 2.35. The molecule has 0 aliphatic heterocycles. The van der Waals surface area contributed by atoms with Gasteiger partial charge in [-0.15, -0.1) is 0 Å². The van der Waals surface area contributed by atoms with Crippen LogP contribution in [0.1, 0.15) is 76.2 Å². The number of hydrogen-bond donors (Lipinski definition) is 0. The van der Waals surface area contributed by atoms with Crippen molar-refractivity contribution in [2.75, 3.05) is 0 Å². The van der Waals surface area contributed by atoms with Crippen LogP contribution in [0.15, 0.2) is 24.3 Å². The summed E-state index contributed by atoms with van der Waals surface area (Å²) >= 11 is 0. The lowest BCUT2D eigenvalue weighted by Crippen LogP contribution is -2.30. The number of halogens is 1. The van der Waals surface area contributed by atoms with Gasteiger partial charge in [0.2, 0.25) is 0 Å². The van der Waals surface area contributed by atoms with Crippen molar-refractivity contribution in [3.05, 3.63) is 35.6 Å². The fourth-order valence-corrected chi connectivity index (χ4v) is 4.85. The van der Waals surface area contributed by atoms with E-state index >= 15 is 0 Å². The number of hydrogen-bond acceptors (Lipinski definition) is 1. The Morgan fingerprint density at radius 3 is 2.22 bits per heavy atom. The van der Waals surface area contributed by atoms with Crippen LogP contribution in [-0.4, -0.2) is 5.78 Å². The minimum atomic E-state index is -0.223. The molecule has 2 saturated carbocycles. The SMILES string of the molecule is CCCC1CCC([C@@H]2CC[C@@H](c3ccc(F)cc3)C(=O)C2)CC1. The van der Waals surface area contributed by atoms with Gasteiger partial charge in [0.1, 0.15) is 11.6 Å². The molecule has 1 nitrogen and oxygen atoms in total. The first-order chi connectivity index (χ1) is 11.2. The molecule has 0 N–H and O–H groups in total. The van der Waals surface area contributed by atoms with E-state index in [9.17, 15) is 9.18 Å². The fraction of sp³-hybridized carbons (Fsp3) is 0.667. The minimum Gasteiger partial charge on any atom is -0.299 e. The van der Waals surface area contributed by atoms with Gasteiger partial charge in [0.05, 0.1) is 0 Å². The highest BCUT2D eigenvalue weighted by atomic mass is 19.1. The zero-order valence-corrected chi connectivity index (χ0v) is 14.3. The molecule has 0 unspecified atom stereocenters. The van der Waals surface area contributed by atoms with E-state index in [1.807, 2.05) is 0 Å². The van der Waals surface area contributed by atoms with Crippen LogP contribution in [0.5, 0.6) is 0 Å². The van der Waals surface area contributed by atoms with Gasteiger partial charge in [-0.25, -0.2) is 4.39 Å². The molecule has 3 rings (SSSR count). The number of rotatable bonds is 4. The Morgan fingerprint density at radius 2 is 1.61 bits per heavy atom. The molecule has 0 radical (unpaired) electrons. The average Bonchev–Trinajstić information content (AvgIpc) is 2.57. The number of carbonyl (C=O) groups is 1. The molecule has 0 aromatic heterocycles. The molecule has 0 spiro atoms. The normalized spacial score (nSPS) is 32.0. The molecule has 126 valence electrons. The van der Waals surface area contributed by atoms with Gasteiger partial charge in [-0.3, -0.25) is 4.79 Å². The standard InChI is InChI=1S/C21H29FO/c1-2-3-15-4-6-16(7-5-15)18-10-13-20(21(23)14-18)17-8-11-19(22)12-9-17/h8-9,11-12,15-16,18,20H,2-7,10,13-14H2,1H3/t15?,16?,18-,20+/m1/s1. The van der Waals surface area contributed by atoms with Crippen molar-refractivity contribution in [1.82, 2.24) is 0 Å². The molecule has 2 aliphatic rings. The Bertz CT molecular complexity index is 513. The molecule has 2 heteroatoms. The molecule has 0 heterocycles. The van der Waals surface area contributed by atoms with Crippen LogP contribution < -0.4 is 0 Å². The Labute approximate surface area is 139 Å². The van der Waals surface area contributed by atoms with Crippen molar-refractivity contribution < 1.29 is 9.18 Å². The van der Waals surface area contributed by atoms with E-state index in [-0.39, 0.29) is 11.7 Å². The predicted molar refractivity (Wildman–Crippen MR) is 91.8 cm³/mol. The second-order valence-corrected chi connectivity index (χ2v) is 7.68. The van der Waals surface area contributed by atoms with Crippen LogP contribution in [-0.2, 0) is 4.79 Å². The third-order valence-electron chi connectivity index (χ3n) is 6.21. The van der Waals surface area contributed by atoms with Gasteiger partial charge in [-0.2, -0.15) is 0 Å². The second-order valence-electron chi connectivity index (χ2n) is 7.68. The predicted octanol–water partition coefficient (Wildman–Crippen LogP) is 5.89. The largest absolute Gasteiger partial charge is 0.299 e. The van der Waals surface area contributed by atoms with Crippen molar-refractivity contribution in [3.63, 3.8) is 0 Å². The molecule has 0 saturated heterocycles. The number of Topliss-reactive ketones (excluding diaryl/α,β-unsaturated/α-hetero) is 1. The third-order valence-corrected chi connectivity index (χ3v) is 6.21. The van der Waals surface area contributed by atoms with Crippen LogP contribution in [0.3, 0.4) is 0 Å². The highest BCUT2D eigenvalue weighted by molar-refractivity contribution is 5.86. The molecule has 1 aromatic rings. The van der Waals surface area contributed by atoms with Crippen molar-refractivity contribution >= 4 is 5.78 Å². The molecular formula is C21H29FO. The van der Waals surface area contributed by atoms with Gasteiger partial charge in [0.25, 0.3) is 0 Å². The summed E-state index contributed by atoms with van der Waals surface area (Å²) in [6, 6.07) is 6.52. The quantitative estimate of drug-likeness (QED) is 0.677. The molecule has 2 atom stereocenters. The lowest BCUT2D eigenvalue weighted by molar-refractivity contribution is -0.124. The number of ketones is 1. The highest BCUT2D eigenvalue weighted by Crippen LogP contribution is 2.43. The van der Waals surface area contributed by atoms with E-state index in [1.165, 1.54) is 50.7 Å². The summed E-state index contributed by atoms with van der Waals surface area (Å²) < 4.78 is 13.1. The van der Waals surface area contributed by atoms with Crippen LogP contribution in [0, 0.1) is 23.6 Å². The van der Waals surface area contributed by atoms with Crippen molar-refractivity contribution in [2.45, 2.75) is 70.6 Å². The van der Waals surface area contributed by atoms with Gasteiger partial charge in [0, 0.05) is 12.3 Å². The van der Waals surface area contributed by atoms with Gasteiger partial charge in [-0.05, 0) is 61.1 Å². The third kappa shape index (κ3) is 4.02. The minimum absolute atomic E-state index is 0.00304. The Morgan fingerprint density at radius 1 is 0.957 bits per heavy atom. The first kappa shape index (κ1) is 16.7. The van der Waals surface area contributed by atoms with Crippen LogP contribution >= 0.6 is 0 Å². The topological polar surface area (TPSA) is 17.1 Å². The summed E-state index contributed by atoms with van der Waals surface area (Å²) in [4.78, 5) is 12.6. The average molecular weight is 316 g/mol. The van der Waals surface area contributed by atoms with Crippen molar-refractivity contribution in [3.8, 4) is 0 Å². The lowest BCUT2D eigenvalue weighted by atomic mass is 9.67. The van der Waals surface area contributed by atoms with E-state index in [0.717, 1.165) is 36.7 Å². The molecule has 2 aliphatic carbocycles. The van der Waals surface area contributed by atoms with E-state index in [4.69, 9.17) is 0 Å². The summed E-state index contributed by atoms with van der Waals surface area (Å²) in [5.41, 5.74) is 1.00. The molecule has 0 bridgehead atoms. The first-order valence-electron chi connectivity index (χ1n) is 9.45. The van der Waals surface area contributed by atoms with Crippen molar-refractivity contribution in [2.24, 2.45) is 17.8 Å². The van der Waals surface area contributed by atoms with E-state index in [0.29, 0.717) is 11.7 Å². The zero-order chi connectivity index (χ0) is 16.2. The van der Waals surface area contributed by atoms with E-state index in [1.54, 1.807) is 12.1 Å². The first-order valence-corrected chi connectivity index (χ1v) is 9.45. The smallest absolute Gasteiger partial charge is 0.140 e. The van der Waals surface area contributed by atoms with Gasteiger partial charge in [0.15, 0.2) is 0 Å². The van der Waals surface area contributed by atoms with E-state index < -0.39 is 0 Å².